The minimum absolute atomic E-state index is 0.163. The van der Waals surface area contributed by atoms with E-state index in [9.17, 15) is 4.79 Å². The van der Waals surface area contributed by atoms with Crippen LogP contribution in [-0.4, -0.2) is 16.7 Å². The summed E-state index contributed by atoms with van der Waals surface area (Å²) in [6.45, 7) is 0.595. The Morgan fingerprint density at radius 1 is 0.882 bits per heavy atom. The summed E-state index contributed by atoms with van der Waals surface area (Å²) < 4.78 is 2.11. The third-order valence-corrected chi connectivity index (χ3v) is 6.39. The molecule has 1 amide bonds. The van der Waals surface area contributed by atoms with Gasteiger partial charge in [0.25, 0.3) is 0 Å². The van der Waals surface area contributed by atoms with E-state index < -0.39 is 0 Å². The van der Waals surface area contributed by atoms with Gasteiger partial charge < -0.3 is 4.57 Å². The van der Waals surface area contributed by atoms with Gasteiger partial charge >= 0.3 is 0 Å². The summed E-state index contributed by atoms with van der Waals surface area (Å²) in [4.78, 5) is 12.6. The van der Waals surface area contributed by atoms with Crippen LogP contribution in [0.3, 0.4) is 0 Å². The van der Waals surface area contributed by atoms with Gasteiger partial charge in [0.2, 0.25) is 5.91 Å². The fraction of sp³-hybridized carbons (Fsp3) is 0.0714. The van der Waals surface area contributed by atoms with E-state index in [1.807, 2.05) is 79.0 Å². The fourth-order valence-electron chi connectivity index (χ4n) is 4.18. The van der Waals surface area contributed by atoms with E-state index in [1.165, 1.54) is 0 Å². The second-order valence-corrected chi connectivity index (χ2v) is 8.92. The van der Waals surface area contributed by atoms with Crippen molar-refractivity contribution in [3.05, 3.63) is 118 Å². The molecule has 34 heavy (non-hydrogen) atoms. The molecule has 4 aromatic carbocycles. The monoisotopic (exact) mass is 485 g/mol. The van der Waals surface area contributed by atoms with E-state index in [1.54, 1.807) is 12.3 Å². The average molecular weight is 486 g/mol. The molecule has 0 bridgehead atoms. The number of fused-ring (bicyclic) bond motifs is 2. The highest BCUT2D eigenvalue weighted by molar-refractivity contribution is 6.35. The number of hydrazone groups is 1. The van der Waals surface area contributed by atoms with E-state index in [0.29, 0.717) is 16.6 Å². The Morgan fingerprint density at radius 3 is 2.50 bits per heavy atom. The first-order chi connectivity index (χ1) is 16.6. The minimum Gasteiger partial charge on any atom is -0.342 e. The van der Waals surface area contributed by atoms with Crippen molar-refractivity contribution in [3.63, 3.8) is 0 Å². The summed E-state index contributed by atoms with van der Waals surface area (Å²) in [7, 11) is 0. The molecule has 4 nitrogen and oxygen atoms in total. The molecule has 0 spiro atoms. The van der Waals surface area contributed by atoms with Gasteiger partial charge in [-0.3, -0.25) is 4.79 Å². The summed E-state index contributed by atoms with van der Waals surface area (Å²) >= 11 is 12.4. The van der Waals surface area contributed by atoms with Crippen molar-refractivity contribution in [1.29, 1.82) is 0 Å². The lowest BCUT2D eigenvalue weighted by molar-refractivity contribution is -0.120. The van der Waals surface area contributed by atoms with E-state index in [-0.39, 0.29) is 12.3 Å². The zero-order chi connectivity index (χ0) is 23.5. The van der Waals surface area contributed by atoms with Crippen molar-refractivity contribution < 1.29 is 4.79 Å². The Kier molecular flexibility index (Phi) is 6.35. The van der Waals surface area contributed by atoms with Crippen molar-refractivity contribution in [2.45, 2.75) is 13.0 Å². The molecule has 0 fully saturated rings. The standard InChI is InChI=1S/C28H21Cl2N3O/c29-23-13-12-21(26(30)15-23)17-33-18-22(25-10-3-4-11-27(25)33)16-31-32-28(34)14-20-8-5-7-19-6-1-2-9-24(19)20/h1-13,15-16,18H,14,17H2,(H,32,34)/b31-16-. The minimum atomic E-state index is -0.163. The maximum absolute atomic E-state index is 12.6. The Balaban J connectivity index is 1.34. The highest BCUT2D eigenvalue weighted by atomic mass is 35.5. The van der Waals surface area contributed by atoms with Crippen molar-refractivity contribution in [2.75, 3.05) is 0 Å². The van der Waals surface area contributed by atoms with Crippen LogP contribution in [0.25, 0.3) is 21.7 Å². The summed E-state index contributed by atoms with van der Waals surface area (Å²) in [5, 5.41) is 8.71. The topological polar surface area (TPSA) is 46.4 Å². The lowest BCUT2D eigenvalue weighted by Crippen LogP contribution is -2.19. The lowest BCUT2D eigenvalue weighted by atomic mass is 10.0. The van der Waals surface area contributed by atoms with Gasteiger partial charge in [0.05, 0.1) is 12.6 Å². The van der Waals surface area contributed by atoms with Crippen molar-refractivity contribution in [3.8, 4) is 0 Å². The molecule has 0 atom stereocenters. The molecule has 0 saturated heterocycles. The van der Waals surface area contributed by atoms with Gasteiger partial charge in [-0.25, -0.2) is 5.43 Å². The Bertz CT molecular complexity index is 1530. The van der Waals surface area contributed by atoms with Crippen LogP contribution >= 0.6 is 23.2 Å². The van der Waals surface area contributed by atoms with E-state index >= 15 is 0 Å². The van der Waals surface area contributed by atoms with Gasteiger partial charge in [-0.2, -0.15) is 5.10 Å². The lowest BCUT2D eigenvalue weighted by Gasteiger charge is -2.08. The number of aromatic nitrogens is 1. The SMILES string of the molecule is O=C(Cc1cccc2ccccc12)N/N=C\c1cn(Cc2ccc(Cl)cc2Cl)c2ccccc12. The molecule has 1 N–H and O–H groups in total. The predicted octanol–water partition coefficient (Wildman–Crippen LogP) is 6.84. The van der Waals surface area contributed by atoms with Crippen LogP contribution in [0.15, 0.2) is 96.2 Å². The van der Waals surface area contributed by atoms with Gasteiger partial charge in [0.15, 0.2) is 0 Å². The van der Waals surface area contributed by atoms with Crippen molar-refractivity contribution >= 4 is 57.0 Å². The molecule has 1 aromatic heterocycles. The number of amides is 1. The quantitative estimate of drug-likeness (QED) is 0.207. The molecule has 0 saturated carbocycles. The molecule has 0 aliphatic heterocycles. The number of hydrogen-bond donors (Lipinski definition) is 1. The summed E-state index contributed by atoms with van der Waals surface area (Å²) in [5.41, 5.74) is 6.58. The maximum Gasteiger partial charge on any atom is 0.244 e. The fourth-order valence-corrected chi connectivity index (χ4v) is 4.64. The zero-order valence-corrected chi connectivity index (χ0v) is 19.7. The molecule has 1 heterocycles. The number of carbonyl (C=O) groups excluding carboxylic acids is 1. The van der Waals surface area contributed by atoms with Crippen molar-refractivity contribution in [2.24, 2.45) is 5.10 Å². The second-order valence-electron chi connectivity index (χ2n) is 8.07. The normalized spacial score (nSPS) is 11.5. The zero-order valence-electron chi connectivity index (χ0n) is 18.2. The van der Waals surface area contributed by atoms with Crippen LogP contribution in [0, 0.1) is 0 Å². The van der Waals surface area contributed by atoms with Crippen LogP contribution in [0.4, 0.5) is 0 Å². The van der Waals surface area contributed by atoms with Crippen LogP contribution in [0.1, 0.15) is 16.7 Å². The third-order valence-electron chi connectivity index (χ3n) is 5.80. The number of carbonyl (C=O) groups is 1. The largest absolute Gasteiger partial charge is 0.342 e. The second kappa shape index (κ2) is 9.72. The van der Waals surface area contributed by atoms with Crippen LogP contribution in [0.5, 0.6) is 0 Å². The van der Waals surface area contributed by atoms with Gasteiger partial charge in [-0.15, -0.1) is 0 Å². The van der Waals surface area contributed by atoms with E-state index in [4.69, 9.17) is 23.2 Å². The molecule has 0 aliphatic rings. The van der Waals surface area contributed by atoms with E-state index in [0.717, 1.165) is 38.4 Å². The molecule has 6 heteroatoms. The number of benzene rings is 4. The summed E-state index contributed by atoms with van der Waals surface area (Å²) in [5.74, 6) is -0.163. The first-order valence-corrected chi connectivity index (χ1v) is 11.6. The number of hydrogen-bond acceptors (Lipinski definition) is 2. The number of rotatable bonds is 6. The number of para-hydroxylation sites is 1. The van der Waals surface area contributed by atoms with Gasteiger partial charge in [0, 0.05) is 39.3 Å². The molecular formula is C28H21Cl2N3O. The number of nitrogens with one attached hydrogen (secondary N) is 1. The summed E-state index contributed by atoms with van der Waals surface area (Å²) in [6, 6.07) is 27.6. The van der Waals surface area contributed by atoms with Crippen LogP contribution < -0.4 is 5.43 Å². The number of nitrogens with zero attached hydrogens (tertiary/aromatic N) is 2. The first-order valence-electron chi connectivity index (χ1n) is 10.9. The first kappa shape index (κ1) is 22.2. The smallest absolute Gasteiger partial charge is 0.244 e. The Morgan fingerprint density at radius 2 is 1.65 bits per heavy atom. The summed E-state index contributed by atoms with van der Waals surface area (Å²) in [6.07, 6.45) is 3.95. The van der Waals surface area contributed by atoms with Crippen LogP contribution in [0.2, 0.25) is 10.0 Å². The van der Waals surface area contributed by atoms with Gasteiger partial charge in [-0.1, -0.05) is 89.9 Å². The molecule has 168 valence electrons. The number of halogens is 2. The Labute approximate surface area is 207 Å². The maximum atomic E-state index is 12.6. The predicted molar refractivity (Wildman–Crippen MR) is 141 cm³/mol. The Hall–Kier alpha value is -3.60. The molecule has 5 rings (SSSR count). The van der Waals surface area contributed by atoms with E-state index in [2.05, 4.69) is 21.2 Å². The highest BCUT2D eigenvalue weighted by Gasteiger charge is 2.10. The van der Waals surface area contributed by atoms with Gasteiger partial charge in [0.1, 0.15) is 0 Å². The third kappa shape index (κ3) is 4.69. The highest BCUT2D eigenvalue weighted by Crippen LogP contribution is 2.26. The van der Waals surface area contributed by atoms with Crippen molar-refractivity contribution in [1.82, 2.24) is 9.99 Å². The molecule has 5 aromatic rings. The van der Waals surface area contributed by atoms with Gasteiger partial charge in [-0.05, 0) is 40.1 Å². The molecule has 0 radical (unpaired) electrons. The average Bonchev–Trinajstić information content (AvgIpc) is 3.18. The van der Waals surface area contributed by atoms with Crippen LogP contribution in [-0.2, 0) is 17.8 Å². The molecular weight excluding hydrogens is 465 g/mol. The molecule has 0 unspecified atom stereocenters. The molecule has 0 aliphatic carbocycles.